The van der Waals surface area contributed by atoms with Crippen molar-refractivity contribution in [3.05, 3.63) is 59.3 Å². The van der Waals surface area contributed by atoms with E-state index in [1.165, 1.54) is 12.1 Å². The van der Waals surface area contributed by atoms with Crippen LogP contribution < -0.4 is 15.4 Å². The fourth-order valence-electron chi connectivity index (χ4n) is 3.11. The van der Waals surface area contributed by atoms with Gasteiger partial charge in [-0.2, -0.15) is 13.2 Å². The molecule has 1 aromatic carbocycles. The Bertz CT molecular complexity index is 929. The molecule has 1 aliphatic carbocycles. The number of nitrogens with one attached hydrogen (secondary N) is 2. The van der Waals surface area contributed by atoms with Gasteiger partial charge in [-0.1, -0.05) is 24.0 Å². The molecule has 0 spiro atoms. The van der Waals surface area contributed by atoms with Crippen LogP contribution in [0.2, 0.25) is 0 Å². The number of urea groups is 1. The number of rotatable bonds is 5. The van der Waals surface area contributed by atoms with Crippen molar-refractivity contribution in [1.29, 1.82) is 0 Å². The van der Waals surface area contributed by atoms with E-state index in [1.807, 2.05) is 6.07 Å². The van der Waals surface area contributed by atoms with Crippen molar-refractivity contribution in [2.45, 2.75) is 44.5 Å². The molecule has 0 unspecified atom stereocenters. The summed E-state index contributed by atoms with van der Waals surface area (Å²) in [5.41, 5.74) is 0.248. The molecule has 1 fully saturated rings. The van der Waals surface area contributed by atoms with Crippen LogP contribution in [0.1, 0.15) is 42.4 Å². The minimum atomic E-state index is -4.41. The molecule has 0 saturated heterocycles. The zero-order valence-electron chi connectivity index (χ0n) is 16.3. The predicted molar refractivity (Wildman–Crippen MR) is 106 cm³/mol. The molecule has 1 aliphatic rings. The van der Waals surface area contributed by atoms with Gasteiger partial charge >= 0.3 is 12.2 Å². The molecule has 1 saturated carbocycles. The highest BCUT2D eigenvalue weighted by Gasteiger charge is 2.30. The third-order valence-corrected chi connectivity index (χ3v) is 4.63. The lowest BCUT2D eigenvalue weighted by Crippen LogP contribution is -2.35. The van der Waals surface area contributed by atoms with Gasteiger partial charge in [0.2, 0.25) is 5.88 Å². The molecule has 0 atom stereocenters. The standard InChI is InChI=1S/C22H22F3N3O2/c23-22(24,25)18-9-3-6-16(14-18)7-4-13-27-21(29)28-15-17-8-5-12-26-20(17)30-19-10-1-2-11-19/h3,5-6,8-9,12,14,19H,1-2,10-11,13,15H2,(H2,27,28,29). The second-order valence-electron chi connectivity index (χ2n) is 6.91. The van der Waals surface area contributed by atoms with E-state index in [-0.39, 0.29) is 24.8 Å². The lowest BCUT2D eigenvalue weighted by Gasteiger charge is -2.15. The van der Waals surface area contributed by atoms with Crippen molar-refractivity contribution < 1.29 is 22.7 Å². The van der Waals surface area contributed by atoms with Gasteiger partial charge in [-0.05, 0) is 49.9 Å². The Morgan fingerprint density at radius 2 is 1.97 bits per heavy atom. The molecule has 0 radical (unpaired) electrons. The van der Waals surface area contributed by atoms with Gasteiger partial charge in [0.15, 0.2) is 0 Å². The maximum Gasteiger partial charge on any atom is 0.416 e. The van der Waals surface area contributed by atoms with Gasteiger partial charge < -0.3 is 15.4 Å². The molecule has 30 heavy (non-hydrogen) atoms. The topological polar surface area (TPSA) is 63.2 Å². The van der Waals surface area contributed by atoms with Gasteiger partial charge in [-0.3, -0.25) is 0 Å². The highest BCUT2D eigenvalue weighted by Crippen LogP contribution is 2.29. The molecule has 0 aliphatic heterocycles. The number of benzene rings is 1. The van der Waals surface area contributed by atoms with E-state index in [2.05, 4.69) is 27.5 Å². The quantitative estimate of drug-likeness (QED) is 0.714. The summed E-state index contributed by atoms with van der Waals surface area (Å²) >= 11 is 0. The SMILES string of the molecule is O=C(NCC#Cc1cccc(C(F)(F)F)c1)NCc1cccnc1OC1CCCC1. The van der Waals surface area contributed by atoms with E-state index >= 15 is 0 Å². The Labute approximate surface area is 173 Å². The first-order valence-electron chi connectivity index (χ1n) is 9.70. The zero-order chi connectivity index (χ0) is 21.4. The second-order valence-corrected chi connectivity index (χ2v) is 6.91. The molecule has 2 aromatic rings. The van der Waals surface area contributed by atoms with Crippen LogP contribution in [0.25, 0.3) is 0 Å². The summed E-state index contributed by atoms with van der Waals surface area (Å²) in [5, 5.41) is 5.26. The average molecular weight is 417 g/mol. The van der Waals surface area contributed by atoms with Crippen molar-refractivity contribution in [2.75, 3.05) is 6.54 Å². The minimum Gasteiger partial charge on any atom is -0.474 e. The van der Waals surface area contributed by atoms with Crippen LogP contribution >= 0.6 is 0 Å². The number of hydrogen-bond donors (Lipinski definition) is 2. The van der Waals surface area contributed by atoms with Gasteiger partial charge in [0, 0.05) is 23.9 Å². The van der Waals surface area contributed by atoms with Crippen molar-refractivity contribution in [1.82, 2.24) is 15.6 Å². The summed E-state index contributed by atoms with van der Waals surface area (Å²) in [6, 6.07) is 7.91. The summed E-state index contributed by atoms with van der Waals surface area (Å²) < 4.78 is 44.0. The van der Waals surface area contributed by atoms with Crippen LogP contribution in [0.3, 0.4) is 0 Å². The number of halogens is 3. The maximum atomic E-state index is 12.7. The summed E-state index contributed by atoms with van der Waals surface area (Å²) in [6.07, 6.45) is 1.71. The van der Waals surface area contributed by atoms with Crippen LogP contribution in [-0.2, 0) is 12.7 Å². The van der Waals surface area contributed by atoms with Crippen molar-refractivity contribution in [3.63, 3.8) is 0 Å². The fourth-order valence-corrected chi connectivity index (χ4v) is 3.11. The summed E-state index contributed by atoms with van der Waals surface area (Å²) in [5.74, 6) is 5.78. The number of alkyl halides is 3. The highest BCUT2D eigenvalue weighted by molar-refractivity contribution is 5.74. The molecule has 2 amide bonds. The van der Waals surface area contributed by atoms with E-state index in [1.54, 1.807) is 12.3 Å². The Morgan fingerprint density at radius 1 is 1.17 bits per heavy atom. The monoisotopic (exact) mass is 417 g/mol. The number of carbonyl (C=O) groups is 1. The van der Waals surface area contributed by atoms with Crippen LogP contribution in [0, 0.1) is 11.8 Å². The van der Waals surface area contributed by atoms with Gasteiger partial charge in [0.05, 0.1) is 12.1 Å². The lowest BCUT2D eigenvalue weighted by molar-refractivity contribution is -0.137. The Kier molecular flexibility index (Phi) is 7.17. The van der Waals surface area contributed by atoms with Crippen molar-refractivity contribution >= 4 is 6.03 Å². The van der Waals surface area contributed by atoms with E-state index in [9.17, 15) is 18.0 Å². The number of aromatic nitrogens is 1. The van der Waals surface area contributed by atoms with E-state index in [4.69, 9.17) is 4.74 Å². The number of ether oxygens (including phenoxy) is 1. The number of carbonyl (C=O) groups excluding carboxylic acids is 1. The third-order valence-electron chi connectivity index (χ3n) is 4.63. The molecule has 5 nitrogen and oxygen atoms in total. The lowest BCUT2D eigenvalue weighted by atomic mass is 10.1. The molecule has 8 heteroatoms. The zero-order valence-corrected chi connectivity index (χ0v) is 16.3. The van der Waals surface area contributed by atoms with Crippen molar-refractivity contribution in [3.8, 4) is 17.7 Å². The summed E-state index contributed by atoms with van der Waals surface area (Å²) in [4.78, 5) is 16.2. The molecule has 1 heterocycles. The smallest absolute Gasteiger partial charge is 0.416 e. The van der Waals surface area contributed by atoms with E-state index in [0.29, 0.717) is 5.88 Å². The molecule has 1 aromatic heterocycles. The van der Waals surface area contributed by atoms with Gasteiger partial charge in [-0.25, -0.2) is 9.78 Å². The molecule has 2 N–H and O–H groups in total. The summed E-state index contributed by atoms with van der Waals surface area (Å²) in [6.45, 7) is 0.239. The highest BCUT2D eigenvalue weighted by atomic mass is 19.4. The fraction of sp³-hybridized carbons (Fsp3) is 0.364. The van der Waals surface area contributed by atoms with Crippen molar-refractivity contribution in [2.24, 2.45) is 0 Å². The largest absolute Gasteiger partial charge is 0.474 e. The first-order chi connectivity index (χ1) is 14.4. The Hall–Kier alpha value is -3.21. The predicted octanol–water partition coefficient (Wildman–Crippen LogP) is 4.27. The van der Waals surface area contributed by atoms with Gasteiger partial charge in [0.1, 0.15) is 6.10 Å². The van der Waals surface area contributed by atoms with E-state index < -0.39 is 17.8 Å². The summed E-state index contributed by atoms with van der Waals surface area (Å²) in [7, 11) is 0. The Morgan fingerprint density at radius 3 is 2.73 bits per heavy atom. The van der Waals surface area contributed by atoms with E-state index in [0.717, 1.165) is 43.4 Å². The molecular weight excluding hydrogens is 395 g/mol. The molecule has 0 bridgehead atoms. The first-order valence-corrected chi connectivity index (χ1v) is 9.70. The number of amides is 2. The van der Waals surface area contributed by atoms with Crippen LogP contribution in [0.15, 0.2) is 42.6 Å². The van der Waals surface area contributed by atoms with Crippen LogP contribution in [0.4, 0.5) is 18.0 Å². The van der Waals surface area contributed by atoms with Gasteiger partial charge in [0.25, 0.3) is 0 Å². The second kappa shape index (κ2) is 10.0. The number of nitrogens with zero attached hydrogens (tertiary/aromatic N) is 1. The molecule has 3 rings (SSSR count). The maximum absolute atomic E-state index is 12.7. The average Bonchev–Trinajstić information content (AvgIpc) is 3.23. The van der Waals surface area contributed by atoms with Crippen LogP contribution in [-0.4, -0.2) is 23.7 Å². The molecule has 158 valence electrons. The number of pyridine rings is 1. The minimum absolute atomic E-state index is 0.000545. The Balaban J connectivity index is 1.47. The third kappa shape index (κ3) is 6.41. The van der Waals surface area contributed by atoms with Gasteiger partial charge in [-0.15, -0.1) is 0 Å². The first kappa shape index (κ1) is 21.5. The number of hydrogen-bond acceptors (Lipinski definition) is 3. The molecular formula is C22H22F3N3O2. The normalized spacial score (nSPS) is 14.0. The van der Waals surface area contributed by atoms with Crippen LogP contribution in [0.5, 0.6) is 5.88 Å².